The summed E-state index contributed by atoms with van der Waals surface area (Å²) in [7, 11) is 0. The number of halogens is 3. The summed E-state index contributed by atoms with van der Waals surface area (Å²) in [4.78, 5) is 0. The summed E-state index contributed by atoms with van der Waals surface area (Å²) in [6, 6.07) is 12.1. The zero-order valence-electron chi connectivity index (χ0n) is 8.70. The first kappa shape index (κ1) is 12.7. The second kappa shape index (κ2) is 5.28. The van der Waals surface area contributed by atoms with Crippen LogP contribution in [0.2, 0.25) is 15.1 Å². The van der Waals surface area contributed by atoms with E-state index in [4.69, 9.17) is 34.8 Å². The van der Waals surface area contributed by atoms with Gasteiger partial charge in [-0.25, -0.2) is 0 Å². The fourth-order valence-electron chi connectivity index (χ4n) is 1.52. The van der Waals surface area contributed by atoms with E-state index in [-0.39, 0.29) is 0 Å². The molecule has 2 rings (SSSR count). The molecule has 0 unspecified atom stereocenters. The average molecular weight is 288 g/mol. The Morgan fingerprint density at radius 2 is 1.35 bits per heavy atom. The number of aliphatic hydroxyl groups is 1. The molecule has 2 aromatic rings. The first-order valence-electron chi connectivity index (χ1n) is 4.96. The molecule has 0 aliphatic rings. The Labute approximate surface area is 115 Å². The van der Waals surface area contributed by atoms with Crippen molar-refractivity contribution in [1.29, 1.82) is 0 Å². The normalized spacial score (nSPS) is 12.5. The smallest absolute Gasteiger partial charge is 0.104 e. The minimum Gasteiger partial charge on any atom is -0.384 e. The van der Waals surface area contributed by atoms with E-state index in [9.17, 15) is 5.11 Å². The molecule has 0 saturated heterocycles. The van der Waals surface area contributed by atoms with Gasteiger partial charge >= 0.3 is 0 Å². The molecule has 88 valence electrons. The summed E-state index contributed by atoms with van der Waals surface area (Å²) < 4.78 is 0. The molecule has 0 bridgehead atoms. The third kappa shape index (κ3) is 2.93. The zero-order valence-corrected chi connectivity index (χ0v) is 11.0. The van der Waals surface area contributed by atoms with Crippen LogP contribution in [0.1, 0.15) is 17.2 Å². The minimum atomic E-state index is -0.734. The number of rotatable bonds is 2. The van der Waals surface area contributed by atoms with Gasteiger partial charge in [0.05, 0.1) is 10.0 Å². The van der Waals surface area contributed by atoms with Gasteiger partial charge in [0.25, 0.3) is 0 Å². The van der Waals surface area contributed by atoms with Crippen LogP contribution in [0.5, 0.6) is 0 Å². The van der Waals surface area contributed by atoms with E-state index in [1.54, 1.807) is 42.5 Å². The van der Waals surface area contributed by atoms with Crippen LogP contribution >= 0.6 is 34.8 Å². The quantitative estimate of drug-likeness (QED) is 0.846. The fraction of sp³-hybridized carbons (Fsp3) is 0.0769. The highest BCUT2D eigenvalue weighted by atomic mass is 35.5. The van der Waals surface area contributed by atoms with E-state index >= 15 is 0 Å². The lowest BCUT2D eigenvalue weighted by atomic mass is 10.0. The Bertz CT molecular complexity index is 523. The maximum Gasteiger partial charge on any atom is 0.104 e. The first-order chi connectivity index (χ1) is 8.08. The van der Waals surface area contributed by atoms with Gasteiger partial charge in [0.15, 0.2) is 0 Å². The van der Waals surface area contributed by atoms with Crippen molar-refractivity contribution < 1.29 is 5.11 Å². The number of hydrogen-bond acceptors (Lipinski definition) is 1. The number of aliphatic hydroxyl groups excluding tert-OH is 1. The third-order valence-corrected chi connectivity index (χ3v) is 3.44. The predicted octanol–water partition coefficient (Wildman–Crippen LogP) is 4.73. The molecule has 0 heterocycles. The summed E-state index contributed by atoms with van der Waals surface area (Å²) >= 11 is 17.5. The molecule has 0 aromatic heterocycles. The molecule has 0 radical (unpaired) electrons. The Kier molecular flexibility index (Phi) is 3.95. The molecule has 1 N–H and O–H groups in total. The standard InChI is InChI=1S/C13H9Cl3O/c14-10-4-1-8(2-5-10)13(17)9-3-6-11(15)12(16)7-9/h1-7,13,17H/t13-/m1/s1. The van der Waals surface area contributed by atoms with Crippen LogP contribution in [-0.4, -0.2) is 5.11 Å². The number of hydrogen-bond donors (Lipinski definition) is 1. The topological polar surface area (TPSA) is 20.2 Å². The lowest BCUT2D eigenvalue weighted by molar-refractivity contribution is 0.220. The van der Waals surface area contributed by atoms with Gasteiger partial charge in [0, 0.05) is 5.02 Å². The van der Waals surface area contributed by atoms with Crippen molar-refractivity contribution >= 4 is 34.8 Å². The SMILES string of the molecule is O[C@H](c1ccc(Cl)cc1)c1ccc(Cl)c(Cl)c1. The number of benzene rings is 2. The molecule has 4 heteroatoms. The highest BCUT2D eigenvalue weighted by Crippen LogP contribution is 2.29. The minimum absolute atomic E-state index is 0.428. The molecule has 17 heavy (non-hydrogen) atoms. The molecule has 0 aliphatic carbocycles. The van der Waals surface area contributed by atoms with Crippen molar-refractivity contribution in [3.63, 3.8) is 0 Å². The maximum atomic E-state index is 10.2. The molecular formula is C13H9Cl3O. The van der Waals surface area contributed by atoms with Gasteiger partial charge in [-0.15, -0.1) is 0 Å². The largest absolute Gasteiger partial charge is 0.384 e. The van der Waals surface area contributed by atoms with Gasteiger partial charge in [-0.3, -0.25) is 0 Å². The van der Waals surface area contributed by atoms with Crippen LogP contribution < -0.4 is 0 Å². The molecule has 2 aromatic carbocycles. The van der Waals surface area contributed by atoms with Crippen LogP contribution in [-0.2, 0) is 0 Å². The van der Waals surface area contributed by atoms with Gasteiger partial charge in [-0.1, -0.05) is 53.0 Å². The Morgan fingerprint density at radius 1 is 0.765 bits per heavy atom. The molecule has 1 nitrogen and oxygen atoms in total. The van der Waals surface area contributed by atoms with Crippen molar-refractivity contribution in [2.45, 2.75) is 6.10 Å². The fourth-order valence-corrected chi connectivity index (χ4v) is 1.95. The van der Waals surface area contributed by atoms with Crippen molar-refractivity contribution in [3.8, 4) is 0 Å². The second-order valence-electron chi connectivity index (χ2n) is 3.63. The van der Waals surface area contributed by atoms with Crippen molar-refractivity contribution in [3.05, 3.63) is 68.7 Å². The highest BCUT2D eigenvalue weighted by Gasteiger charge is 2.11. The first-order valence-corrected chi connectivity index (χ1v) is 6.10. The molecule has 0 spiro atoms. The molecule has 1 atom stereocenters. The van der Waals surface area contributed by atoms with Crippen molar-refractivity contribution in [1.82, 2.24) is 0 Å². The molecule has 0 amide bonds. The van der Waals surface area contributed by atoms with E-state index in [1.807, 2.05) is 0 Å². The summed E-state index contributed by atoms with van der Waals surface area (Å²) in [5, 5.41) is 11.7. The summed E-state index contributed by atoms with van der Waals surface area (Å²) in [6.07, 6.45) is -0.734. The van der Waals surface area contributed by atoms with Crippen LogP contribution in [0.4, 0.5) is 0 Å². The third-order valence-electron chi connectivity index (χ3n) is 2.45. The van der Waals surface area contributed by atoms with Gasteiger partial charge < -0.3 is 5.11 Å². The average Bonchev–Trinajstić information content (AvgIpc) is 2.33. The van der Waals surface area contributed by atoms with E-state index < -0.39 is 6.10 Å². The van der Waals surface area contributed by atoms with E-state index in [2.05, 4.69) is 0 Å². The van der Waals surface area contributed by atoms with Crippen molar-refractivity contribution in [2.75, 3.05) is 0 Å². The highest BCUT2D eigenvalue weighted by molar-refractivity contribution is 6.42. The van der Waals surface area contributed by atoms with E-state index in [1.165, 1.54) is 0 Å². The van der Waals surface area contributed by atoms with Crippen molar-refractivity contribution in [2.24, 2.45) is 0 Å². The van der Waals surface area contributed by atoms with E-state index in [0.29, 0.717) is 20.6 Å². The summed E-state index contributed by atoms with van der Waals surface area (Å²) in [5.74, 6) is 0. The van der Waals surface area contributed by atoms with Gasteiger partial charge in [-0.05, 0) is 35.4 Å². The predicted molar refractivity (Wildman–Crippen MR) is 72.0 cm³/mol. The molecule has 0 fully saturated rings. The monoisotopic (exact) mass is 286 g/mol. The maximum absolute atomic E-state index is 10.2. The van der Waals surface area contributed by atoms with Crippen LogP contribution in [0.15, 0.2) is 42.5 Å². The summed E-state index contributed by atoms with van der Waals surface area (Å²) in [5.41, 5.74) is 1.45. The Morgan fingerprint density at radius 3 is 1.94 bits per heavy atom. The second-order valence-corrected chi connectivity index (χ2v) is 4.88. The Hall–Kier alpha value is -0.730. The molecular weight excluding hydrogens is 279 g/mol. The van der Waals surface area contributed by atoms with Crippen LogP contribution in [0.3, 0.4) is 0 Å². The molecule has 0 saturated carbocycles. The Balaban J connectivity index is 2.33. The lowest BCUT2D eigenvalue weighted by Crippen LogP contribution is -1.99. The van der Waals surface area contributed by atoms with Gasteiger partial charge in [-0.2, -0.15) is 0 Å². The van der Waals surface area contributed by atoms with Gasteiger partial charge in [0.1, 0.15) is 6.10 Å². The summed E-state index contributed by atoms with van der Waals surface area (Å²) in [6.45, 7) is 0. The van der Waals surface area contributed by atoms with Crippen LogP contribution in [0.25, 0.3) is 0 Å². The zero-order chi connectivity index (χ0) is 12.4. The van der Waals surface area contributed by atoms with Gasteiger partial charge in [0.2, 0.25) is 0 Å². The van der Waals surface area contributed by atoms with Crippen LogP contribution in [0, 0.1) is 0 Å². The molecule has 0 aliphatic heterocycles. The van der Waals surface area contributed by atoms with E-state index in [0.717, 1.165) is 5.56 Å². The lowest BCUT2D eigenvalue weighted by Gasteiger charge is -2.12.